The van der Waals surface area contributed by atoms with Crippen molar-refractivity contribution in [1.29, 1.82) is 0 Å². The van der Waals surface area contributed by atoms with Gasteiger partial charge in [0.1, 0.15) is 0 Å². The van der Waals surface area contributed by atoms with Crippen molar-refractivity contribution in [1.82, 2.24) is 9.80 Å². The van der Waals surface area contributed by atoms with Crippen LogP contribution in [0.25, 0.3) is 0 Å². The van der Waals surface area contributed by atoms with Crippen molar-refractivity contribution in [3.63, 3.8) is 0 Å². The van der Waals surface area contributed by atoms with Crippen molar-refractivity contribution in [3.8, 4) is 0 Å². The fraction of sp³-hybridized carbons (Fsp3) is 0.152. The number of amides is 4. The van der Waals surface area contributed by atoms with Crippen LogP contribution in [0.2, 0.25) is 0 Å². The molecule has 4 aromatic carbocycles. The molecule has 0 fully saturated rings. The van der Waals surface area contributed by atoms with Crippen molar-refractivity contribution in [2.75, 3.05) is 13.1 Å². The minimum atomic E-state index is -0.511. The summed E-state index contributed by atoms with van der Waals surface area (Å²) in [4.78, 5) is 54.3. The normalized spacial score (nSPS) is 13.5. The van der Waals surface area contributed by atoms with Gasteiger partial charge in [-0.15, -0.1) is 0 Å². The summed E-state index contributed by atoms with van der Waals surface area (Å²) in [5.74, 6) is -2.01. The second kappa shape index (κ2) is 20.2. The van der Waals surface area contributed by atoms with E-state index in [4.69, 9.17) is 0 Å². The molecule has 0 spiro atoms. The molecule has 4 amide bonds. The van der Waals surface area contributed by atoms with Crippen molar-refractivity contribution in [2.45, 2.75) is 19.8 Å². The van der Waals surface area contributed by atoms with Crippen LogP contribution in [0.5, 0.6) is 0 Å². The molecule has 0 saturated carbocycles. The molecule has 0 saturated heterocycles. The van der Waals surface area contributed by atoms with Gasteiger partial charge in [0.25, 0.3) is 23.6 Å². The maximum absolute atomic E-state index is 13.1. The Kier molecular flexibility index (Phi) is 18.2. The molecule has 0 atom stereocenters. The molecule has 6 nitrogen and oxygen atoms in total. The van der Waals surface area contributed by atoms with Crippen molar-refractivity contribution in [3.05, 3.63) is 115 Å². The van der Waals surface area contributed by atoms with Gasteiger partial charge in [-0.3, -0.25) is 29.0 Å². The zero-order valence-corrected chi connectivity index (χ0v) is 53.7. The highest BCUT2D eigenvalue weighted by atomic mass is 79.9. The number of hydrogen-bond acceptors (Lipinski definition) is 4. The van der Waals surface area contributed by atoms with Crippen LogP contribution in [0.3, 0.4) is 0 Å². The predicted octanol–water partition coefficient (Wildman–Crippen LogP) is 18.3. The SMILES string of the molecule is Brc1c(Br)c(Br)c(CCc2c(Br)c(Br)c(Br)c(Br)c2Br)c(Br)c1Br.Cc1c(Br)c(Br)c2c(c1Br)C(=O)N(CCN1C(=O)c3c(Br)c(Br)c(Br)c(Br)c3C1=O)C2=O. The Morgan fingerprint density at radius 1 is 0.304 bits per heavy atom. The largest absolute Gasteiger partial charge is 0.272 e. The van der Waals surface area contributed by atoms with E-state index in [-0.39, 0.29) is 35.3 Å². The summed E-state index contributed by atoms with van der Waals surface area (Å²) in [5.41, 5.74) is 4.05. The Hall–Kier alpha value is 3.32. The number of fused-ring (bicyclic) bond motifs is 2. The minimum Gasteiger partial charge on any atom is -0.272 e. The molecule has 56 heavy (non-hydrogen) atoms. The molecule has 0 aromatic heterocycles. The van der Waals surface area contributed by atoms with Crippen LogP contribution < -0.4 is 0 Å². The van der Waals surface area contributed by atoms with E-state index in [2.05, 4.69) is 271 Å². The van der Waals surface area contributed by atoms with Gasteiger partial charge in [0, 0.05) is 89.1 Å². The minimum absolute atomic E-state index is 0.134. The maximum Gasteiger partial charge on any atom is 0.262 e. The molecule has 0 radical (unpaired) electrons. The van der Waals surface area contributed by atoms with E-state index in [1.807, 2.05) is 6.92 Å². The second-order valence-corrected chi connectivity index (χ2v) is 24.9. The maximum atomic E-state index is 13.1. The number of benzene rings is 4. The fourth-order valence-corrected chi connectivity index (χ4v) is 16.9. The highest BCUT2D eigenvalue weighted by Crippen LogP contribution is 2.49. The smallest absolute Gasteiger partial charge is 0.262 e. The van der Waals surface area contributed by atoms with E-state index in [9.17, 15) is 19.2 Å². The average Bonchev–Trinajstić information content (AvgIpc) is 3.57. The summed E-state index contributed by atoms with van der Waals surface area (Å²) in [5, 5.41) is 0. The van der Waals surface area contributed by atoms with E-state index in [0.29, 0.717) is 31.3 Å². The third kappa shape index (κ3) is 9.10. The third-order valence-corrected chi connectivity index (χ3v) is 29.0. The van der Waals surface area contributed by atoms with Gasteiger partial charge in [0.15, 0.2) is 0 Å². The Bertz CT molecular complexity index is 2150. The standard InChI is InChI=1S/C19H7Br7N2O4.C14H4Br10/c1-4-9(20)5-6(11(22)10(4)21)17(30)27(16(5)29)2-3-28-18(31)7-8(19(28)32)13(24)15(26)14(25)12(7)23;15-5-3(6(16)10(20)13(23)9(5)19)1-2-4-7(17)11(21)14(24)12(22)8(4)18/h2-3H2,1H3;1-2H2. The molecule has 296 valence electrons. The molecule has 0 bridgehead atoms. The van der Waals surface area contributed by atoms with E-state index >= 15 is 0 Å². The zero-order valence-electron chi connectivity index (χ0n) is 26.8. The van der Waals surface area contributed by atoms with Crippen LogP contribution in [0.15, 0.2) is 76.0 Å². The number of carbonyl (C=O) groups excluding carboxylic acids is 4. The van der Waals surface area contributed by atoms with Gasteiger partial charge in [0.2, 0.25) is 0 Å². The first-order chi connectivity index (χ1) is 26.0. The zero-order chi connectivity index (χ0) is 42.1. The lowest BCUT2D eigenvalue weighted by Crippen LogP contribution is -2.40. The average molecular weight is 1860 g/mol. The van der Waals surface area contributed by atoms with Gasteiger partial charge < -0.3 is 0 Å². The lowest BCUT2D eigenvalue weighted by atomic mass is 10.0. The second-order valence-electron chi connectivity index (χ2n) is 11.4. The molecule has 4 aromatic rings. The Morgan fingerprint density at radius 3 is 0.804 bits per heavy atom. The van der Waals surface area contributed by atoms with Crippen LogP contribution >= 0.6 is 271 Å². The van der Waals surface area contributed by atoms with Gasteiger partial charge >= 0.3 is 0 Å². The summed E-state index contributed by atoms with van der Waals surface area (Å²) >= 11 is 60.1. The molecular weight excluding hydrogens is 1850 g/mol. The molecule has 6 rings (SSSR count). The summed E-state index contributed by atoms with van der Waals surface area (Å²) in [7, 11) is 0. The van der Waals surface area contributed by atoms with Crippen LogP contribution in [0.1, 0.15) is 58.1 Å². The summed E-state index contributed by atoms with van der Waals surface area (Å²) < 4.78 is 13.8. The Labute approximate surface area is 463 Å². The molecule has 2 aliphatic rings. The molecule has 0 aliphatic carbocycles. The summed E-state index contributed by atoms with van der Waals surface area (Å²) in [6.45, 7) is 1.54. The quantitative estimate of drug-likeness (QED) is 0.110. The van der Waals surface area contributed by atoms with E-state index in [1.165, 1.54) is 11.1 Å². The van der Waals surface area contributed by atoms with Crippen molar-refractivity contribution in [2.24, 2.45) is 0 Å². The van der Waals surface area contributed by atoms with Crippen LogP contribution in [0, 0.1) is 6.92 Å². The molecule has 2 aliphatic heterocycles. The van der Waals surface area contributed by atoms with E-state index in [1.54, 1.807) is 0 Å². The Morgan fingerprint density at radius 2 is 0.518 bits per heavy atom. The first-order valence-corrected chi connectivity index (χ1v) is 28.2. The number of hydrogen-bond donors (Lipinski definition) is 0. The lowest BCUT2D eigenvalue weighted by molar-refractivity contribution is 0.0560. The monoisotopic (exact) mass is 1840 g/mol. The van der Waals surface area contributed by atoms with Crippen molar-refractivity contribution >= 4 is 294 Å². The molecule has 0 unspecified atom stereocenters. The van der Waals surface area contributed by atoms with E-state index in [0.717, 1.165) is 72.9 Å². The van der Waals surface area contributed by atoms with Crippen LogP contribution in [0.4, 0.5) is 0 Å². The molecule has 2 heterocycles. The first-order valence-electron chi connectivity index (χ1n) is 14.8. The third-order valence-electron chi connectivity index (χ3n) is 8.42. The summed E-state index contributed by atoms with van der Waals surface area (Å²) in [6.07, 6.45) is 1.70. The van der Waals surface area contributed by atoms with Gasteiger partial charge in [-0.05, 0) is 307 Å². The predicted molar refractivity (Wildman–Crippen MR) is 280 cm³/mol. The number of carbonyl (C=O) groups is 4. The van der Waals surface area contributed by atoms with Gasteiger partial charge in [-0.25, -0.2) is 0 Å². The van der Waals surface area contributed by atoms with Crippen LogP contribution in [-0.4, -0.2) is 46.5 Å². The highest BCUT2D eigenvalue weighted by Gasteiger charge is 2.44. The topological polar surface area (TPSA) is 74.8 Å². The number of rotatable bonds is 6. The highest BCUT2D eigenvalue weighted by molar-refractivity contribution is 9.17. The number of nitrogens with zero attached hydrogens (tertiary/aromatic N) is 2. The van der Waals surface area contributed by atoms with Crippen molar-refractivity contribution < 1.29 is 19.2 Å². The lowest BCUT2D eigenvalue weighted by Gasteiger charge is -2.19. The van der Waals surface area contributed by atoms with E-state index < -0.39 is 23.6 Å². The van der Waals surface area contributed by atoms with Crippen LogP contribution in [-0.2, 0) is 12.8 Å². The number of halogens is 17. The van der Waals surface area contributed by atoms with Gasteiger partial charge in [0.05, 0.1) is 22.3 Å². The Balaban J connectivity index is 0.000000224. The van der Waals surface area contributed by atoms with Gasteiger partial charge in [-0.2, -0.15) is 0 Å². The molecular formula is C33H11Br17N2O4. The molecule has 23 heteroatoms. The van der Waals surface area contributed by atoms with Gasteiger partial charge in [-0.1, -0.05) is 0 Å². The first kappa shape index (κ1) is 50.3. The molecule has 0 N–H and O–H groups in total. The fourth-order valence-electron chi connectivity index (χ4n) is 5.53. The number of imide groups is 2. The summed E-state index contributed by atoms with van der Waals surface area (Å²) in [6, 6.07) is 0.